The molecule has 0 heterocycles. The second kappa shape index (κ2) is 11.8. The predicted octanol–water partition coefficient (Wildman–Crippen LogP) is 0.227. The van der Waals surface area contributed by atoms with E-state index in [-0.39, 0.29) is 24.5 Å². The van der Waals surface area contributed by atoms with Crippen LogP contribution in [0.2, 0.25) is 0 Å². The Balaban J connectivity index is 2.88. The van der Waals surface area contributed by atoms with Crippen molar-refractivity contribution in [2.75, 3.05) is 0 Å². The first-order valence-corrected chi connectivity index (χ1v) is 9.58. The number of aliphatic carboxylic acids is 2. The zero-order valence-corrected chi connectivity index (χ0v) is 17.0. The number of aromatic hydroxyl groups is 1. The van der Waals surface area contributed by atoms with E-state index in [1.807, 2.05) is 13.8 Å². The van der Waals surface area contributed by atoms with Crippen LogP contribution in [0.25, 0.3) is 0 Å². The molecule has 1 aromatic carbocycles. The van der Waals surface area contributed by atoms with Crippen molar-refractivity contribution in [2.24, 2.45) is 11.7 Å². The number of carboxylic acids is 2. The predicted molar refractivity (Wildman–Crippen MR) is 108 cm³/mol. The molecular weight excluding hydrogens is 394 g/mol. The van der Waals surface area contributed by atoms with E-state index in [2.05, 4.69) is 10.6 Å². The lowest BCUT2D eigenvalue weighted by molar-refractivity contribution is -0.143. The molecule has 0 saturated carbocycles. The Hall–Kier alpha value is -3.14. The summed E-state index contributed by atoms with van der Waals surface area (Å²) in [5, 5.41) is 32.4. The van der Waals surface area contributed by atoms with E-state index in [4.69, 9.17) is 10.8 Å². The van der Waals surface area contributed by atoms with Gasteiger partial charge in [-0.2, -0.15) is 0 Å². The van der Waals surface area contributed by atoms with E-state index in [9.17, 15) is 29.4 Å². The monoisotopic (exact) mass is 423 g/mol. The Kier molecular flexibility index (Phi) is 9.76. The molecule has 7 N–H and O–H groups in total. The molecule has 2 amide bonds. The number of phenolic OH excluding ortho intramolecular Hbond substituents is 1. The van der Waals surface area contributed by atoms with Crippen molar-refractivity contribution in [3.8, 4) is 5.75 Å². The zero-order chi connectivity index (χ0) is 22.8. The highest BCUT2D eigenvalue weighted by Gasteiger charge is 2.28. The van der Waals surface area contributed by atoms with Crippen molar-refractivity contribution < 1.29 is 34.5 Å². The van der Waals surface area contributed by atoms with Gasteiger partial charge in [-0.3, -0.25) is 14.4 Å². The molecule has 166 valence electrons. The standard InChI is InChI=1S/C20H29N3O7/c1-11(2)9-14(21)18(27)22-15(7-8-17(25)26)19(28)23-16(20(29)30)10-12-3-5-13(24)6-4-12/h3-6,11,14-16,24H,7-10,21H2,1-2H3,(H,22,27)(H,23,28)(H,25,26)(H,29,30). The summed E-state index contributed by atoms with van der Waals surface area (Å²) in [6.07, 6.45) is -0.300. The number of amides is 2. The van der Waals surface area contributed by atoms with E-state index < -0.39 is 48.3 Å². The highest BCUT2D eigenvalue weighted by Crippen LogP contribution is 2.12. The number of hydrogen-bond acceptors (Lipinski definition) is 6. The molecule has 10 heteroatoms. The van der Waals surface area contributed by atoms with Gasteiger partial charge in [0.25, 0.3) is 0 Å². The fourth-order valence-corrected chi connectivity index (χ4v) is 2.77. The first kappa shape index (κ1) is 24.9. The van der Waals surface area contributed by atoms with Crippen LogP contribution in [0.4, 0.5) is 0 Å². The maximum atomic E-state index is 12.6. The molecule has 3 atom stereocenters. The third-order valence-corrected chi connectivity index (χ3v) is 4.33. The summed E-state index contributed by atoms with van der Waals surface area (Å²) in [4.78, 5) is 47.4. The zero-order valence-electron chi connectivity index (χ0n) is 17.0. The summed E-state index contributed by atoms with van der Waals surface area (Å²) in [7, 11) is 0. The Labute approximate surface area is 174 Å². The van der Waals surface area contributed by atoms with Crippen molar-refractivity contribution in [2.45, 2.75) is 57.7 Å². The molecule has 1 aromatic rings. The normalized spacial score (nSPS) is 13.9. The average molecular weight is 423 g/mol. The quantitative estimate of drug-likeness (QED) is 0.276. The molecule has 1 rings (SSSR count). The number of nitrogens with two attached hydrogens (primary N) is 1. The van der Waals surface area contributed by atoms with Gasteiger partial charge in [0.15, 0.2) is 0 Å². The summed E-state index contributed by atoms with van der Waals surface area (Å²) in [6.45, 7) is 3.76. The molecule has 0 spiro atoms. The maximum absolute atomic E-state index is 12.6. The molecule has 0 aliphatic heterocycles. The van der Waals surface area contributed by atoms with Crippen LogP contribution in [0.5, 0.6) is 5.75 Å². The summed E-state index contributed by atoms with van der Waals surface area (Å²) in [6, 6.07) is 2.39. The highest BCUT2D eigenvalue weighted by atomic mass is 16.4. The lowest BCUT2D eigenvalue weighted by atomic mass is 10.0. The van der Waals surface area contributed by atoms with Gasteiger partial charge in [0.05, 0.1) is 6.04 Å². The van der Waals surface area contributed by atoms with E-state index in [1.165, 1.54) is 24.3 Å². The number of hydrogen-bond donors (Lipinski definition) is 6. The molecule has 0 aliphatic carbocycles. The minimum atomic E-state index is -1.31. The van der Waals surface area contributed by atoms with Gasteiger partial charge < -0.3 is 31.7 Å². The SMILES string of the molecule is CC(C)CC(N)C(=O)NC(CCC(=O)O)C(=O)NC(Cc1ccc(O)cc1)C(=O)O. The topological polar surface area (TPSA) is 179 Å². The minimum absolute atomic E-state index is 0.0174. The average Bonchev–Trinajstić information content (AvgIpc) is 2.65. The maximum Gasteiger partial charge on any atom is 0.326 e. The van der Waals surface area contributed by atoms with E-state index in [0.717, 1.165) is 0 Å². The van der Waals surface area contributed by atoms with Crippen LogP contribution in [0, 0.1) is 5.92 Å². The van der Waals surface area contributed by atoms with Gasteiger partial charge in [-0.1, -0.05) is 26.0 Å². The minimum Gasteiger partial charge on any atom is -0.508 e. The number of phenols is 1. The number of benzene rings is 1. The molecule has 3 unspecified atom stereocenters. The molecule has 0 aromatic heterocycles. The Bertz CT molecular complexity index is 749. The van der Waals surface area contributed by atoms with Crippen LogP contribution >= 0.6 is 0 Å². The van der Waals surface area contributed by atoms with Gasteiger partial charge in [0.1, 0.15) is 17.8 Å². The third-order valence-electron chi connectivity index (χ3n) is 4.33. The van der Waals surface area contributed by atoms with Crippen LogP contribution in [0.1, 0.15) is 38.7 Å². The number of carboxylic acid groups (broad SMARTS) is 2. The summed E-state index contributed by atoms with van der Waals surface area (Å²) >= 11 is 0. The molecule has 0 fully saturated rings. The van der Waals surface area contributed by atoms with Gasteiger partial charge >= 0.3 is 11.9 Å². The van der Waals surface area contributed by atoms with Crippen LogP contribution in [0.15, 0.2) is 24.3 Å². The molecule has 0 saturated heterocycles. The molecule has 10 nitrogen and oxygen atoms in total. The highest BCUT2D eigenvalue weighted by molar-refractivity contribution is 5.92. The van der Waals surface area contributed by atoms with Crippen LogP contribution in [-0.4, -0.2) is 57.2 Å². The lowest BCUT2D eigenvalue weighted by Gasteiger charge is -2.23. The number of carbonyl (C=O) groups excluding carboxylic acids is 2. The molecule has 0 aliphatic rings. The largest absolute Gasteiger partial charge is 0.508 e. The first-order chi connectivity index (χ1) is 14.0. The Morgan fingerprint density at radius 3 is 2.03 bits per heavy atom. The fraction of sp³-hybridized carbons (Fsp3) is 0.500. The number of rotatable bonds is 12. The van der Waals surface area contributed by atoms with Crippen molar-refractivity contribution in [1.29, 1.82) is 0 Å². The van der Waals surface area contributed by atoms with Crippen LogP contribution in [-0.2, 0) is 25.6 Å². The fourth-order valence-electron chi connectivity index (χ4n) is 2.77. The van der Waals surface area contributed by atoms with Gasteiger partial charge in [-0.25, -0.2) is 4.79 Å². The second-order valence-electron chi connectivity index (χ2n) is 7.50. The molecule has 0 bridgehead atoms. The van der Waals surface area contributed by atoms with E-state index in [0.29, 0.717) is 12.0 Å². The van der Waals surface area contributed by atoms with Crippen LogP contribution in [0.3, 0.4) is 0 Å². The van der Waals surface area contributed by atoms with Crippen molar-refractivity contribution in [3.63, 3.8) is 0 Å². The van der Waals surface area contributed by atoms with Gasteiger partial charge in [-0.05, 0) is 36.5 Å². The van der Waals surface area contributed by atoms with Crippen molar-refractivity contribution in [1.82, 2.24) is 10.6 Å². The summed E-state index contributed by atoms with van der Waals surface area (Å²) in [5.74, 6) is -3.72. The second-order valence-corrected chi connectivity index (χ2v) is 7.50. The van der Waals surface area contributed by atoms with Crippen molar-refractivity contribution in [3.05, 3.63) is 29.8 Å². The Morgan fingerprint density at radius 1 is 0.967 bits per heavy atom. The number of nitrogens with one attached hydrogen (secondary N) is 2. The van der Waals surface area contributed by atoms with Gasteiger partial charge in [0, 0.05) is 12.8 Å². The van der Waals surface area contributed by atoms with Gasteiger partial charge in [-0.15, -0.1) is 0 Å². The van der Waals surface area contributed by atoms with E-state index >= 15 is 0 Å². The van der Waals surface area contributed by atoms with Crippen LogP contribution < -0.4 is 16.4 Å². The van der Waals surface area contributed by atoms with Gasteiger partial charge in [0.2, 0.25) is 11.8 Å². The third kappa shape index (κ3) is 8.91. The molecule has 0 radical (unpaired) electrons. The number of carbonyl (C=O) groups is 4. The summed E-state index contributed by atoms with van der Waals surface area (Å²) in [5.41, 5.74) is 6.37. The van der Waals surface area contributed by atoms with E-state index in [1.54, 1.807) is 0 Å². The molecule has 30 heavy (non-hydrogen) atoms. The first-order valence-electron chi connectivity index (χ1n) is 9.58. The van der Waals surface area contributed by atoms with Crippen molar-refractivity contribution >= 4 is 23.8 Å². The Morgan fingerprint density at radius 2 is 1.53 bits per heavy atom. The lowest BCUT2D eigenvalue weighted by Crippen LogP contribution is -2.55. The smallest absolute Gasteiger partial charge is 0.326 e. The molecular formula is C20H29N3O7. The summed E-state index contributed by atoms with van der Waals surface area (Å²) < 4.78 is 0.